The fraction of sp³-hybridized carbons (Fsp3) is 0.182. The Morgan fingerprint density at radius 3 is 3.00 bits per heavy atom. The minimum Gasteiger partial charge on any atom is -0.481 e. The number of aliphatic carboxylic acids is 1. The summed E-state index contributed by atoms with van der Waals surface area (Å²) in [6.07, 6.45) is 2.12. The van der Waals surface area contributed by atoms with Gasteiger partial charge in [-0.15, -0.1) is 0 Å². The number of nitrogens with zero attached hydrogens (tertiary/aromatic N) is 2. The Bertz CT molecular complexity index is 542. The van der Waals surface area contributed by atoms with E-state index in [1.54, 1.807) is 6.20 Å². The zero-order chi connectivity index (χ0) is 11.5. The molecular weight excluding hydrogens is 272 g/mol. The number of fused-ring (bicyclic) bond motifs is 1. The fourth-order valence-electron chi connectivity index (χ4n) is 1.40. The molecule has 1 N–H and O–H groups in total. The lowest BCUT2D eigenvalue weighted by Crippen LogP contribution is -2.01. The number of hydrogen-bond donors (Lipinski definition) is 1. The summed E-state index contributed by atoms with van der Waals surface area (Å²) in [7, 11) is 0. The summed E-state index contributed by atoms with van der Waals surface area (Å²) in [5.41, 5.74) is 0.817. The maximum atomic E-state index is 10.4. The van der Waals surface area contributed by atoms with Crippen LogP contribution in [0.5, 0.6) is 0 Å². The first-order valence-electron chi connectivity index (χ1n) is 4.79. The van der Waals surface area contributed by atoms with Crippen LogP contribution in [0.4, 0.5) is 0 Å². The molecule has 82 valence electrons. The molecule has 0 fully saturated rings. The standard InChI is InChI=1S/C11H9BrN2O2/c12-8-3-1-2-7-6-13-9(14-11(7)8)4-5-10(15)16/h1-3,6H,4-5H2,(H,15,16). The van der Waals surface area contributed by atoms with Gasteiger partial charge in [0.05, 0.1) is 11.9 Å². The number of benzene rings is 1. The van der Waals surface area contributed by atoms with Crippen LogP contribution in [0.2, 0.25) is 0 Å². The molecule has 1 heterocycles. The quantitative estimate of drug-likeness (QED) is 0.938. The van der Waals surface area contributed by atoms with E-state index in [0.717, 1.165) is 15.4 Å². The van der Waals surface area contributed by atoms with Crippen LogP contribution < -0.4 is 0 Å². The highest BCUT2D eigenvalue weighted by Gasteiger charge is 2.05. The van der Waals surface area contributed by atoms with Crippen LogP contribution in [0.3, 0.4) is 0 Å². The topological polar surface area (TPSA) is 63.1 Å². The number of carboxylic acids is 1. The lowest BCUT2D eigenvalue weighted by atomic mass is 10.2. The number of rotatable bonds is 3. The van der Waals surface area contributed by atoms with E-state index in [1.165, 1.54) is 0 Å². The maximum absolute atomic E-state index is 10.4. The second-order valence-electron chi connectivity index (χ2n) is 3.36. The van der Waals surface area contributed by atoms with Crippen molar-refractivity contribution in [3.05, 3.63) is 34.7 Å². The predicted octanol–water partition coefficient (Wildman–Crippen LogP) is 2.41. The van der Waals surface area contributed by atoms with E-state index in [4.69, 9.17) is 5.11 Å². The van der Waals surface area contributed by atoms with Crippen LogP contribution in [0.1, 0.15) is 12.2 Å². The Balaban J connectivity index is 2.35. The second-order valence-corrected chi connectivity index (χ2v) is 4.21. The Hall–Kier alpha value is -1.49. The van der Waals surface area contributed by atoms with Gasteiger partial charge in [0.15, 0.2) is 0 Å². The predicted molar refractivity (Wildman–Crippen MR) is 63.2 cm³/mol. The van der Waals surface area contributed by atoms with Gasteiger partial charge in [-0.1, -0.05) is 12.1 Å². The lowest BCUT2D eigenvalue weighted by molar-refractivity contribution is -0.137. The third-order valence-electron chi connectivity index (χ3n) is 2.17. The van der Waals surface area contributed by atoms with E-state index in [-0.39, 0.29) is 6.42 Å². The van der Waals surface area contributed by atoms with Gasteiger partial charge in [-0.2, -0.15) is 0 Å². The average Bonchev–Trinajstić information content (AvgIpc) is 2.27. The number of para-hydroxylation sites is 1. The van der Waals surface area contributed by atoms with Crippen LogP contribution in [-0.4, -0.2) is 21.0 Å². The van der Waals surface area contributed by atoms with Crippen molar-refractivity contribution in [3.8, 4) is 0 Å². The van der Waals surface area contributed by atoms with E-state index in [1.807, 2.05) is 18.2 Å². The van der Waals surface area contributed by atoms with Crippen molar-refractivity contribution in [2.45, 2.75) is 12.8 Å². The van der Waals surface area contributed by atoms with Gasteiger partial charge in [-0.3, -0.25) is 4.79 Å². The largest absolute Gasteiger partial charge is 0.481 e. The second kappa shape index (κ2) is 4.57. The van der Waals surface area contributed by atoms with Crippen molar-refractivity contribution in [2.24, 2.45) is 0 Å². The molecule has 4 nitrogen and oxygen atoms in total. The van der Waals surface area contributed by atoms with Gasteiger partial charge in [0.1, 0.15) is 5.82 Å². The molecular formula is C11H9BrN2O2. The maximum Gasteiger partial charge on any atom is 0.303 e. The molecule has 0 radical (unpaired) electrons. The number of aryl methyl sites for hydroxylation is 1. The number of carbonyl (C=O) groups is 1. The number of aromatic nitrogens is 2. The van der Waals surface area contributed by atoms with Gasteiger partial charge >= 0.3 is 5.97 Å². The first-order chi connectivity index (χ1) is 7.66. The molecule has 0 aliphatic heterocycles. The summed E-state index contributed by atoms with van der Waals surface area (Å²) in [6, 6.07) is 5.73. The minimum absolute atomic E-state index is 0.0515. The number of carboxylic acid groups (broad SMARTS) is 1. The van der Waals surface area contributed by atoms with Crippen molar-refractivity contribution in [2.75, 3.05) is 0 Å². The molecule has 0 spiro atoms. The van der Waals surface area contributed by atoms with Crippen LogP contribution in [0, 0.1) is 0 Å². The van der Waals surface area contributed by atoms with E-state index in [9.17, 15) is 4.79 Å². The lowest BCUT2D eigenvalue weighted by Gasteiger charge is -2.02. The van der Waals surface area contributed by atoms with Crippen molar-refractivity contribution < 1.29 is 9.90 Å². The van der Waals surface area contributed by atoms with Gasteiger partial charge < -0.3 is 5.11 Å². The molecule has 5 heteroatoms. The van der Waals surface area contributed by atoms with E-state index >= 15 is 0 Å². The first-order valence-corrected chi connectivity index (χ1v) is 5.58. The summed E-state index contributed by atoms with van der Waals surface area (Å²) in [5, 5.41) is 9.52. The molecule has 0 aliphatic rings. The Morgan fingerprint density at radius 2 is 2.25 bits per heavy atom. The van der Waals surface area contributed by atoms with Crippen molar-refractivity contribution in [3.63, 3.8) is 0 Å². The summed E-state index contributed by atoms with van der Waals surface area (Å²) in [4.78, 5) is 18.9. The van der Waals surface area contributed by atoms with Gasteiger partial charge in [0.25, 0.3) is 0 Å². The van der Waals surface area contributed by atoms with E-state index in [2.05, 4.69) is 25.9 Å². The molecule has 2 aromatic rings. The zero-order valence-electron chi connectivity index (χ0n) is 8.35. The summed E-state index contributed by atoms with van der Waals surface area (Å²) in [6.45, 7) is 0. The zero-order valence-corrected chi connectivity index (χ0v) is 9.94. The molecule has 0 atom stereocenters. The molecule has 16 heavy (non-hydrogen) atoms. The first kappa shape index (κ1) is 11.0. The minimum atomic E-state index is -0.837. The van der Waals surface area contributed by atoms with Crippen LogP contribution in [-0.2, 0) is 11.2 Å². The molecule has 0 saturated carbocycles. The van der Waals surface area contributed by atoms with Crippen LogP contribution in [0.25, 0.3) is 10.9 Å². The summed E-state index contributed by atoms with van der Waals surface area (Å²) >= 11 is 3.40. The number of halogens is 1. The smallest absolute Gasteiger partial charge is 0.303 e. The highest BCUT2D eigenvalue weighted by atomic mass is 79.9. The third-order valence-corrected chi connectivity index (χ3v) is 2.81. The highest BCUT2D eigenvalue weighted by molar-refractivity contribution is 9.10. The highest BCUT2D eigenvalue weighted by Crippen LogP contribution is 2.21. The Morgan fingerprint density at radius 1 is 1.44 bits per heavy atom. The van der Waals surface area contributed by atoms with Gasteiger partial charge in [0, 0.05) is 22.5 Å². The van der Waals surface area contributed by atoms with E-state index < -0.39 is 5.97 Å². The van der Waals surface area contributed by atoms with Gasteiger partial charge in [0.2, 0.25) is 0 Å². The molecule has 0 bridgehead atoms. The molecule has 0 unspecified atom stereocenters. The third kappa shape index (κ3) is 2.36. The average molecular weight is 281 g/mol. The van der Waals surface area contributed by atoms with Gasteiger partial charge in [-0.25, -0.2) is 9.97 Å². The monoisotopic (exact) mass is 280 g/mol. The van der Waals surface area contributed by atoms with Crippen molar-refractivity contribution in [1.29, 1.82) is 0 Å². The Labute approximate surface area is 100 Å². The van der Waals surface area contributed by atoms with Crippen LogP contribution in [0.15, 0.2) is 28.9 Å². The molecule has 0 amide bonds. The summed E-state index contributed by atoms with van der Waals surface area (Å²) < 4.78 is 0.893. The number of hydrogen-bond acceptors (Lipinski definition) is 3. The normalized spacial score (nSPS) is 10.6. The van der Waals surface area contributed by atoms with Crippen LogP contribution >= 0.6 is 15.9 Å². The molecule has 1 aromatic heterocycles. The van der Waals surface area contributed by atoms with Crippen molar-refractivity contribution in [1.82, 2.24) is 9.97 Å². The fourth-order valence-corrected chi connectivity index (χ4v) is 1.87. The SMILES string of the molecule is O=C(O)CCc1ncc2cccc(Br)c2n1. The van der Waals surface area contributed by atoms with Gasteiger partial charge in [-0.05, 0) is 22.0 Å². The molecule has 2 rings (SSSR count). The Kier molecular flexibility index (Phi) is 3.14. The summed E-state index contributed by atoms with van der Waals surface area (Å²) in [5.74, 6) is -0.280. The molecule has 0 saturated heterocycles. The molecule has 1 aromatic carbocycles. The molecule has 0 aliphatic carbocycles. The van der Waals surface area contributed by atoms with Crippen molar-refractivity contribution >= 4 is 32.8 Å². The van der Waals surface area contributed by atoms with E-state index in [0.29, 0.717) is 12.2 Å².